The summed E-state index contributed by atoms with van der Waals surface area (Å²) >= 11 is 6.25. The Balaban J connectivity index is 1.20. The molecule has 10 heteroatoms. The van der Waals surface area contributed by atoms with Crippen molar-refractivity contribution in [2.45, 2.75) is 44.2 Å². The van der Waals surface area contributed by atoms with Crippen molar-refractivity contribution in [1.82, 2.24) is 30.0 Å². The Morgan fingerprint density at radius 2 is 1.93 bits per heavy atom. The van der Waals surface area contributed by atoms with E-state index in [2.05, 4.69) is 48.2 Å². The van der Waals surface area contributed by atoms with E-state index in [4.69, 9.17) is 29.2 Å². The largest absolute Gasteiger partial charge is 0.497 e. The highest BCUT2D eigenvalue weighted by Crippen LogP contribution is 2.45. The summed E-state index contributed by atoms with van der Waals surface area (Å²) in [5.74, 6) is 2.46. The van der Waals surface area contributed by atoms with Gasteiger partial charge in [0.25, 0.3) is 0 Å². The van der Waals surface area contributed by atoms with Crippen LogP contribution in [0.4, 0.5) is 0 Å². The molecule has 0 saturated heterocycles. The van der Waals surface area contributed by atoms with Gasteiger partial charge in [0.2, 0.25) is 0 Å². The van der Waals surface area contributed by atoms with Crippen LogP contribution < -0.4 is 15.8 Å². The molecule has 5 aromatic rings. The Hall–Kier alpha value is -3.95. The Morgan fingerprint density at radius 3 is 2.71 bits per heavy atom. The molecule has 7 rings (SSSR count). The highest BCUT2D eigenvalue weighted by atomic mass is 35.5. The first-order valence-corrected chi connectivity index (χ1v) is 14.2. The lowest BCUT2D eigenvalue weighted by atomic mass is 9.99. The number of imidazole rings is 1. The molecule has 1 aliphatic carbocycles. The number of hydrogen-bond acceptors (Lipinski definition) is 6. The van der Waals surface area contributed by atoms with Gasteiger partial charge in [-0.2, -0.15) is 0 Å². The van der Waals surface area contributed by atoms with Gasteiger partial charge in [-0.05, 0) is 87.2 Å². The summed E-state index contributed by atoms with van der Waals surface area (Å²) in [6, 6.07) is 20.0. The molecule has 1 aliphatic heterocycles. The Morgan fingerprint density at radius 1 is 1.10 bits per heavy atom. The molecular formula is C31H29BClN7O. The van der Waals surface area contributed by atoms with Gasteiger partial charge >= 0.3 is 0 Å². The standard InChI is InChI=1S/C31H29BClN7O/c1-18-38-39-29-26(17-31(12-13-31)34-14-11-19-3-9-24-25(15-19)37-30(32)36-24)35-28(20-4-6-21(33)7-5-20)23-16-22(41-2)8-10-27(23)40(18)29/h3-10,15-16,26,34H,11-14,17H2,1-2H3,(H,36,37)/t26-/m0/s1. The molecule has 2 N–H and O–H groups in total. The first-order chi connectivity index (χ1) is 19.9. The van der Waals surface area contributed by atoms with E-state index in [0.717, 1.165) is 83.2 Å². The predicted octanol–water partition coefficient (Wildman–Crippen LogP) is 4.55. The number of rotatable bonds is 8. The van der Waals surface area contributed by atoms with Crippen molar-refractivity contribution >= 4 is 41.9 Å². The van der Waals surface area contributed by atoms with Crippen LogP contribution in [-0.4, -0.2) is 57.5 Å². The van der Waals surface area contributed by atoms with E-state index in [1.54, 1.807) is 7.11 Å². The molecule has 0 bridgehead atoms. The van der Waals surface area contributed by atoms with Gasteiger partial charge in [-0.1, -0.05) is 29.8 Å². The van der Waals surface area contributed by atoms with Crippen LogP contribution in [0.15, 0.2) is 65.7 Å². The first-order valence-electron chi connectivity index (χ1n) is 13.8. The number of hydrogen-bond donors (Lipinski definition) is 2. The highest BCUT2D eigenvalue weighted by molar-refractivity contribution is 6.31. The number of H-pyrrole nitrogens is 1. The van der Waals surface area contributed by atoms with Crippen molar-refractivity contribution in [1.29, 1.82) is 0 Å². The van der Waals surface area contributed by atoms with Crippen molar-refractivity contribution in [3.05, 3.63) is 94.0 Å². The average Bonchev–Trinajstić information content (AvgIpc) is 3.51. The summed E-state index contributed by atoms with van der Waals surface area (Å²) in [6.45, 7) is 2.85. The van der Waals surface area contributed by atoms with Crippen LogP contribution in [0.1, 0.15) is 53.6 Å². The second-order valence-electron chi connectivity index (χ2n) is 11.0. The van der Waals surface area contributed by atoms with Gasteiger partial charge in [0.1, 0.15) is 17.6 Å². The Bertz CT molecular complexity index is 1790. The number of halogens is 1. The summed E-state index contributed by atoms with van der Waals surface area (Å²) in [5, 5.41) is 13.7. The van der Waals surface area contributed by atoms with Gasteiger partial charge in [-0.25, -0.2) is 4.98 Å². The number of nitrogens with one attached hydrogen (secondary N) is 2. The second kappa shape index (κ2) is 10.2. The molecule has 1 atom stereocenters. The number of methoxy groups -OCH3 is 1. The lowest BCUT2D eigenvalue weighted by molar-refractivity contribution is 0.414. The van der Waals surface area contributed by atoms with Crippen LogP contribution in [0, 0.1) is 6.92 Å². The van der Waals surface area contributed by atoms with Crippen LogP contribution in [-0.2, 0) is 6.42 Å². The van der Waals surface area contributed by atoms with Gasteiger partial charge in [0.05, 0.1) is 29.5 Å². The number of aromatic amines is 1. The lowest BCUT2D eigenvalue weighted by Crippen LogP contribution is -2.34. The van der Waals surface area contributed by atoms with Crippen molar-refractivity contribution < 1.29 is 4.74 Å². The zero-order valence-electron chi connectivity index (χ0n) is 23.0. The van der Waals surface area contributed by atoms with E-state index in [0.29, 0.717) is 10.7 Å². The topological polar surface area (TPSA) is 93.0 Å². The summed E-state index contributed by atoms with van der Waals surface area (Å²) in [7, 11) is 7.51. The molecule has 204 valence electrons. The van der Waals surface area contributed by atoms with E-state index in [1.165, 1.54) is 5.56 Å². The third kappa shape index (κ3) is 4.93. The quantitative estimate of drug-likeness (QED) is 0.271. The van der Waals surface area contributed by atoms with Crippen molar-refractivity contribution in [2.75, 3.05) is 13.7 Å². The minimum atomic E-state index is -0.181. The van der Waals surface area contributed by atoms with Crippen LogP contribution >= 0.6 is 11.6 Å². The van der Waals surface area contributed by atoms with Gasteiger partial charge in [-0.3, -0.25) is 9.56 Å². The third-order valence-corrected chi connectivity index (χ3v) is 8.42. The van der Waals surface area contributed by atoms with E-state index >= 15 is 0 Å². The van der Waals surface area contributed by atoms with E-state index in [-0.39, 0.29) is 11.6 Å². The van der Waals surface area contributed by atoms with Gasteiger partial charge in [-0.15, -0.1) is 10.2 Å². The van der Waals surface area contributed by atoms with Crippen LogP contribution in [0.2, 0.25) is 5.02 Å². The van der Waals surface area contributed by atoms with Crippen molar-refractivity contribution in [3.8, 4) is 11.4 Å². The summed E-state index contributed by atoms with van der Waals surface area (Å²) in [6.07, 6.45) is 3.92. The number of aliphatic imine (C=N–C) groups is 1. The molecule has 0 spiro atoms. The summed E-state index contributed by atoms with van der Waals surface area (Å²) in [4.78, 5) is 12.8. The minimum Gasteiger partial charge on any atom is -0.497 e. The van der Waals surface area contributed by atoms with Crippen molar-refractivity contribution in [3.63, 3.8) is 0 Å². The summed E-state index contributed by atoms with van der Waals surface area (Å²) in [5.41, 5.74) is 7.40. The van der Waals surface area contributed by atoms with E-state index in [1.807, 2.05) is 49.4 Å². The maximum atomic E-state index is 6.25. The molecule has 8 nitrogen and oxygen atoms in total. The molecule has 0 amide bonds. The van der Waals surface area contributed by atoms with Crippen LogP contribution in [0.5, 0.6) is 5.75 Å². The maximum absolute atomic E-state index is 6.25. The van der Waals surface area contributed by atoms with Gasteiger partial charge < -0.3 is 15.0 Å². The van der Waals surface area contributed by atoms with Crippen LogP contribution in [0.25, 0.3) is 16.7 Å². The molecule has 3 heterocycles. The molecule has 41 heavy (non-hydrogen) atoms. The molecule has 2 aromatic heterocycles. The first kappa shape index (κ1) is 26.0. The SMILES string of the molecule is [B]c1nc2ccc(CCNC3(C[C@@H]4N=C(c5ccc(Cl)cc5)c5cc(OC)ccc5-n5c(C)nnc54)CC3)cc2[nH]1. The second-order valence-corrected chi connectivity index (χ2v) is 11.4. The molecule has 3 aromatic carbocycles. The number of aryl methyl sites for hydroxylation is 1. The highest BCUT2D eigenvalue weighted by Gasteiger charge is 2.45. The zero-order valence-corrected chi connectivity index (χ0v) is 23.7. The molecule has 2 radical (unpaired) electrons. The number of ether oxygens (including phenoxy) is 1. The average molecular weight is 562 g/mol. The van der Waals surface area contributed by atoms with E-state index < -0.39 is 0 Å². The number of aromatic nitrogens is 5. The van der Waals surface area contributed by atoms with E-state index in [9.17, 15) is 0 Å². The molecule has 2 aliphatic rings. The summed E-state index contributed by atoms with van der Waals surface area (Å²) < 4.78 is 7.75. The Labute approximate surface area is 244 Å². The molecule has 1 fully saturated rings. The third-order valence-electron chi connectivity index (χ3n) is 8.17. The molecular weight excluding hydrogens is 533 g/mol. The lowest BCUT2D eigenvalue weighted by Gasteiger charge is -2.22. The number of benzene rings is 3. The zero-order chi connectivity index (χ0) is 28.1. The fourth-order valence-electron chi connectivity index (χ4n) is 5.85. The Kier molecular flexibility index (Phi) is 6.44. The number of fused-ring (bicyclic) bond motifs is 4. The van der Waals surface area contributed by atoms with Gasteiger partial charge in [0.15, 0.2) is 13.7 Å². The normalized spacial score (nSPS) is 17.0. The fourth-order valence-corrected chi connectivity index (χ4v) is 5.98. The van der Waals surface area contributed by atoms with Crippen LogP contribution in [0.3, 0.4) is 0 Å². The smallest absolute Gasteiger partial charge is 0.167 e. The molecule has 1 saturated carbocycles. The monoisotopic (exact) mass is 561 g/mol. The minimum absolute atomic E-state index is 0.000684. The fraction of sp³-hybridized carbons (Fsp3) is 0.290. The van der Waals surface area contributed by atoms with Gasteiger partial charge in [0, 0.05) is 27.4 Å². The molecule has 0 unspecified atom stereocenters. The van der Waals surface area contributed by atoms with Crippen molar-refractivity contribution in [2.24, 2.45) is 4.99 Å². The number of nitrogens with zero attached hydrogens (tertiary/aromatic N) is 5. The predicted molar refractivity (Wildman–Crippen MR) is 162 cm³/mol. The maximum Gasteiger partial charge on any atom is 0.167 e.